The zero-order valence-corrected chi connectivity index (χ0v) is 12.2. The number of rotatable bonds is 2. The highest BCUT2D eigenvalue weighted by atomic mass is 14.8. The largest absolute Gasteiger partial charge is 0.213 e. The number of nitrogens with one attached hydrogen (secondary N) is 1. The molecule has 3 aromatic carbocycles. The van der Waals surface area contributed by atoms with Crippen molar-refractivity contribution in [1.29, 1.82) is 0 Å². The smallest absolute Gasteiger partial charge is 0.204 e. The summed E-state index contributed by atoms with van der Waals surface area (Å²) >= 11 is 0. The van der Waals surface area contributed by atoms with E-state index in [0.717, 1.165) is 5.70 Å². The highest BCUT2D eigenvalue weighted by molar-refractivity contribution is 5.82. The average molecular weight is 282 g/mol. The Bertz CT molecular complexity index is 952. The number of fused-ring (bicyclic) bond motifs is 1. The van der Waals surface area contributed by atoms with Crippen LogP contribution in [0.15, 0.2) is 90.6 Å². The molecule has 0 atom stereocenters. The van der Waals surface area contributed by atoms with Gasteiger partial charge in [0, 0.05) is 12.1 Å². The summed E-state index contributed by atoms with van der Waals surface area (Å²) in [4.78, 5) is 3.56. The molecule has 0 bridgehead atoms. The Kier molecular flexibility index (Phi) is 3.17. The predicted molar refractivity (Wildman–Crippen MR) is 89.1 cm³/mol. The van der Waals surface area contributed by atoms with E-state index in [1.165, 1.54) is 27.3 Å². The van der Waals surface area contributed by atoms with Crippen molar-refractivity contribution in [3.05, 3.63) is 112 Å². The fraction of sp³-hybridized carbons (Fsp3) is 0. The molecule has 0 amide bonds. The minimum absolute atomic E-state index is 1.15. The van der Waals surface area contributed by atoms with Crippen LogP contribution in [-0.2, 0) is 0 Å². The lowest BCUT2D eigenvalue weighted by Gasteiger charge is -2.01. The molecule has 0 spiro atoms. The van der Waals surface area contributed by atoms with Crippen LogP contribution < -0.4 is 15.6 Å². The van der Waals surface area contributed by atoms with Gasteiger partial charge in [0.1, 0.15) is 0 Å². The van der Waals surface area contributed by atoms with E-state index < -0.39 is 0 Å². The van der Waals surface area contributed by atoms with Gasteiger partial charge in [0.05, 0.1) is 10.8 Å². The predicted octanol–water partition coefficient (Wildman–Crippen LogP) is 1.64. The van der Waals surface area contributed by atoms with Gasteiger partial charge in [0.25, 0.3) is 0 Å². The molecule has 1 heteroatoms. The van der Waals surface area contributed by atoms with Crippen LogP contribution in [0, 0.1) is 0 Å². The van der Waals surface area contributed by atoms with E-state index in [9.17, 15) is 0 Å². The van der Waals surface area contributed by atoms with Gasteiger partial charge in [-0.1, -0.05) is 72.8 Å². The zero-order valence-electron chi connectivity index (χ0n) is 12.2. The summed E-state index contributed by atoms with van der Waals surface area (Å²) in [5, 5.41) is 2.43. The number of hydrogen-bond donors (Lipinski definition) is 1. The molecule has 1 aliphatic heterocycles. The number of hydrogen-bond acceptors (Lipinski definition) is 0. The van der Waals surface area contributed by atoms with Crippen molar-refractivity contribution < 1.29 is 4.99 Å². The van der Waals surface area contributed by atoms with E-state index in [-0.39, 0.29) is 0 Å². The zero-order chi connectivity index (χ0) is 14.8. The van der Waals surface area contributed by atoms with E-state index in [2.05, 4.69) is 89.9 Å². The lowest BCUT2D eigenvalue weighted by molar-refractivity contribution is -0.430. The molecule has 0 fully saturated rings. The molecule has 0 radical (unpaired) electrons. The Labute approximate surface area is 129 Å². The summed E-state index contributed by atoms with van der Waals surface area (Å²) in [5.41, 5.74) is 4.85. The van der Waals surface area contributed by atoms with Crippen molar-refractivity contribution in [3.8, 4) is 0 Å². The molecule has 0 unspecified atom stereocenters. The molecule has 1 N–H and O–H groups in total. The molecule has 1 heterocycles. The molecule has 104 valence electrons. The van der Waals surface area contributed by atoms with Crippen molar-refractivity contribution in [2.24, 2.45) is 0 Å². The van der Waals surface area contributed by atoms with Crippen LogP contribution in [-0.4, -0.2) is 0 Å². The molecule has 0 aromatic heterocycles. The fourth-order valence-corrected chi connectivity index (χ4v) is 2.90. The van der Waals surface area contributed by atoms with E-state index in [1.807, 2.05) is 6.07 Å². The van der Waals surface area contributed by atoms with Crippen LogP contribution in [0.1, 0.15) is 11.1 Å². The molecular formula is C21H16N+. The number of para-hydroxylation sites is 1. The van der Waals surface area contributed by atoms with Crippen molar-refractivity contribution >= 4 is 11.6 Å². The molecule has 0 saturated heterocycles. The average Bonchev–Trinajstić information content (AvgIpc) is 2.94. The summed E-state index contributed by atoms with van der Waals surface area (Å²) in [6.07, 6.45) is 2.21. The minimum Gasteiger partial charge on any atom is -0.204 e. The Balaban J connectivity index is 1.98. The van der Waals surface area contributed by atoms with E-state index in [0.29, 0.717) is 0 Å². The second-order valence-electron chi connectivity index (χ2n) is 5.38. The minimum atomic E-state index is 1.15. The Morgan fingerprint density at radius 2 is 1.27 bits per heavy atom. The molecule has 0 aliphatic carbocycles. The molecule has 22 heavy (non-hydrogen) atoms. The maximum atomic E-state index is 3.56. The van der Waals surface area contributed by atoms with Crippen LogP contribution >= 0.6 is 0 Å². The van der Waals surface area contributed by atoms with Gasteiger partial charge in [-0.25, -0.2) is 4.99 Å². The van der Waals surface area contributed by atoms with Crippen LogP contribution in [0.4, 0.5) is 0 Å². The van der Waals surface area contributed by atoms with Gasteiger partial charge in [-0.05, 0) is 17.2 Å². The Morgan fingerprint density at radius 3 is 2.05 bits per heavy atom. The van der Waals surface area contributed by atoms with Gasteiger partial charge in [-0.2, -0.15) is 0 Å². The maximum absolute atomic E-state index is 3.56. The van der Waals surface area contributed by atoms with Gasteiger partial charge in [0.2, 0.25) is 11.1 Å². The molecular weight excluding hydrogens is 266 g/mol. The van der Waals surface area contributed by atoms with Gasteiger partial charge in [-0.15, -0.1) is 0 Å². The summed E-state index contributed by atoms with van der Waals surface area (Å²) in [7, 11) is 0. The molecule has 4 rings (SSSR count). The first-order chi connectivity index (χ1) is 10.9. The first-order valence-electron chi connectivity index (χ1n) is 7.48. The van der Waals surface area contributed by atoms with E-state index in [1.54, 1.807) is 0 Å². The quantitative estimate of drug-likeness (QED) is 0.734. The Morgan fingerprint density at radius 1 is 0.636 bits per heavy atom. The van der Waals surface area contributed by atoms with Crippen molar-refractivity contribution in [3.63, 3.8) is 0 Å². The molecule has 1 aliphatic rings. The van der Waals surface area contributed by atoms with Crippen molar-refractivity contribution in [1.82, 2.24) is 0 Å². The Hall–Kier alpha value is -2.93. The fourth-order valence-electron chi connectivity index (χ4n) is 2.90. The molecule has 1 nitrogen and oxygen atoms in total. The monoisotopic (exact) mass is 282 g/mol. The normalized spacial score (nSPS) is 14.7. The lowest BCUT2D eigenvalue weighted by atomic mass is 10.00. The van der Waals surface area contributed by atoms with Gasteiger partial charge in [-0.3, -0.25) is 0 Å². The SMILES string of the molecule is C(=C1/[NH+]=c2ccccc2=C1c1ccccc1)/c1ccccc1. The second-order valence-corrected chi connectivity index (χ2v) is 5.38. The van der Waals surface area contributed by atoms with Crippen LogP contribution in [0.5, 0.6) is 0 Å². The highest BCUT2D eigenvalue weighted by Gasteiger charge is 2.20. The topological polar surface area (TPSA) is 14.0 Å². The lowest BCUT2D eigenvalue weighted by Crippen LogP contribution is -2.73. The molecule has 0 saturated carbocycles. The standard InChI is InChI=1S/C21H15N/c1-3-9-16(10-4-1)15-20-21(17-11-5-2-6-12-17)18-13-7-8-14-19(18)22-20/h1-15H/p+1/b20-15-. The first-order valence-corrected chi connectivity index (χ1v) is 7.48. The van der Waals surface area contributed by atoms with Crippen LogP contribution in [0.25, 0.3) is 11.6 Å². The second kappa shape index (κ2) is 5.45. The third-order valence-electron chi connectivity index (χ3n) is 3.91. The van der Waals surface area contributed by atoms with E-state index >= 15 is 0 Å². The van der Waals surface area contributed by atoms with Gasteiger partial charge >= 0.3 is 0 Å². The third kappa shape index (κ3) is 2.27. The number of benzene rings is 3. The van der Waals surface area contributed by atoms with Crippen molar-refractivity contribution in [2.75, 3.05) is 0 Å². The summed E-state index contributed by atoms with van der Waals surface area (Å²) in [6.45, 7) is 0. The maximum Gasteiger partial charge on any atom is 0.213 e. The van der Waals surface area contributed by atoms with E-state index in [4.69, 9.17) is 0 Å². The highest BCUT2D eigenvalue weighted by Crippen LogP contribution is 2.18. The number of allylic oxidation sites excluding steroid dienone is 1. The van der Waals surface area contributed by atoms with Crippen molar-refractivity contribution in [2.45, 2.75) is 0 Å². The van der Waals surface area contributed by atoms with Crippen LogP contribution in [0.3, 0.4) is 0 Å². The third-order valence-corrected chi connectivity index (χ3v) is 3.91. The summed E-state index contributed by atoms with van der Waals surface area (Å²) in [6, 6.07) is 29.5. The first kappa shape index (κ1) is 12.8. The molecule has 3 aromatic rings. The summed E-state index contributed by atoms with van der Waals surface area (Å²) < 4.78 is 0. The van der Waals surface area contributed by atoms with Gasteiger partial charge in [0.15, 0.2) is 0 Å². The van der Waals surface area contributed by atoms with Gasteiger partial charge < -0.3 is 0 Å². The summed E-state index contributed by atoms with van der Waals surface area (Å²) in [5.74, 6) is 0. The van der Waals surface area contributed by atoms with Crippen LogP contribution in [0.2, 0.25) is 0 Å².